The summed E-state index contributed by atoms with van der Waals surface area (Å²) in [5.41, 5.74) is -0.841. The SMILES string of the molecule is CCOC(=O)N1c2cc(CBr)c(CBr)cc2[C@H](N(Cc2cc(C(F)(F)F)cc(C(F)(F)F)c2)C(=O)OC)C[C@@H]1C. The number of carbonyl (C=O) groups is 2. The number of methoxy groups -OCH3 is 1. The largest absolute Gasteiger partial charge is 0.453 e. The zero-order valence-electron chi connectivity index (χ0n) is 21.6. The van der Waals surface area contributed by atoms with Gasteiger partial charge in [0, 0.05) is 23.2 Å². The van der Waals surface area contributed by atoms with Crippen LogP contribution in [0, 0.1) is 0 Å². The van der Waals surface area contributed by atoms with Gasteiger partial charge in [-0.25, -0.2) is 9.59 Å². The van der Waals surface area contributed by atoms with Gasteiger partial charge in [0.1, 0.15) is 0 Å². The molecule has 6 nitrogen and oxygen atoms in total. The van der Waals surface area contributed by atoms with Crippen molar-refractivity contribution < 1.29 is 45.4 Å². The van der Waals surface area contributed by atoms with Crippen LogP contribution in [0.3, 0.4) is 0 Å². The van der Waals surface area contributed by atoms with Gasteiger partial charge in [0.25, 0.3) is 0 Å². The third-order valence-corrected chi connectivity index (χ3v) is 7.72. The highest BCUT2D eigenvalue weighted by Crippen LogP contribution is 2.44. The molecule has 1 aliphatic rings. The summed E-state index contributed by atoms with van der Waals surface area (Å²) in [6.45, 7) is 2.86. The van der Waals surface area contributed by atoms with Crippen LogP contribution < -0.4 is 4.90 Å². The quantitative estimate of drug-likeness (QED) is 0.224. The molecule has 2 aromatic carbocycles. The number of anilines is 1. The van der Waals surface area contributed by atoms with E-state index in [4.69, 9.17) is 9.47 Å². The van der Waals surface area contributed by atoms with Gasteiger partial charge in [-0.3, -0.25) is 9.80 Å². The maximum absolute atomic E-state index is 13.5. The van der Waals surface area contributed by atoms with Crippen LogP contribution in [0.15, 0.2) is 30.3 Å². The lowest BCUT2D eigenvalue weighted by molar-refractivity contribution is -0.143. The monoisotopic (exact) mass is 702 g/mol. The number of alkyl halides is 8. The number of halogens is 8. The van der Waals surface area contributed by atoms with Gasteiger partial charge in [-0.2, -0.15) is 26.3 Å². The molecule has 0 aromatic heterocycles. The first-order valence-corrected chi connectivity index (χ1v) is 14.3. The number of rotatable bonds is 6. The molecule has 220 valence electrons. The van der Waals surface area contributed by atoms with Crippen LogP contribution in [-0.4, -0.2) is 36.8 Å². The van der Waals surface area contributed by atoms with Crippen LogP contribution >= 0.6 is 31.9 Å². The average Bonchev–Trinajstić information content (AvgIpc) is 2.89. The molecule has 40 heavy (non-hydrogen) atoms. The van der Waals surface area contributed by atoms with Crippen molar-refractivity contribution in [3.8, 4) is 0 Å². The zero-order valence-corrected chi connectivity index (χ0v) is 24.8. The fraction of sp³-hybridized carbons (Fsp3) is 0.462. The van der Waals surface area contributed by atoms with Crippen LogP contribution in [0.5, 0.6) is 0 Å². The molecular formula is C26H26Br2F6N2O4. The third-order valence-electron chi connectivity index (χ3n) is 6.51. The Kier molecular flexibility index (Phi) is 10.1. The van der Waals surface area contributed by atoms with E-state index in [9.17, 15) is 35.9 Å². The van der Waals surface area contributed by atoms with Crippen molar-refractivity contribution in [2.45, 2.75) is 61.9 Å². The molecule has 0 aliphatic carbocycles. The second-order valence-corrected chi connectivity index (χ2v) is 10.2. The summed E-state index contributed by atoms with van der Waals surface area (Å²) < 4.78 is 91.2. The lowest BCUT2D eigenvalue weighted by Crippen LogP contribution is -2.47. The summed E-state index contributed by atoms with van der Waals surface area (Å²) in [6.07, 6.45) is -11.6. The summed E-state index contributed by atoms with van der Waals surface area (Å²) in [5.74, 6) is 0. The highest BCUT2D eigenvalue weighted by Gasteiger charge is 2.41. The zero-order chi connectivity index (χ0) is 30.0. The fourth-order valence-corrected chi connectivity index (χ4v) is 5.75. The van der Waals surface area contributed by atoms with Gasteiger partial charge in [0.05, 0.1) is 36.6 Å². The van der Waals surface area contributed by atoms with Crippen molar-refractivity contribution in [3.63, 3.8) is 0 Å². The second kappa shape index (κ2) is 12.6. The number of carbonyl (C=O) groups excluding carboxylic acids is 2. The van der Waals surface area contributed by atoms with Crippen molar-refractivity contribution in [2.24, 2.45) is 0 Å². The van der Waals surface area contributed by atoms with E-state index in [-0.39, 0.29) is 24.7 Å². The first kappa shape index (κ1) is 32.0. The van der Waals surface area contributed by atoms with Crippen molar-refractivity contribution in [1.82, 2.24) is 4.90 Å². The maximum Gasteiger partial charge on any atom is 0.416 e. The molecule has 0 fully saturated rings. The summed E-state index contributed by atoms with van der Waals surface area (Å²) in [6, 6.07) is 3.31. The molecule has 0 saturated heterocycles. The van der Waals surface area contributed by atoms with E-state index in [0.717, 1.165) is 23.1 Å². The molecule has 14 heteroatoms. The fourth-order valence-electron chi connectivity index (χ4n) is 4.71. The molecule has 3 rings (SSSR count). The normalized spacial score (nSPS) is 17.3. The molecule has 1 heterocycles. The lowest BCUT2D eigenvalue weighted by Gasteiger charge is -2.43. The smallest absolute Gasteiger partial charge is 0.416 e. The minimum absolute atomic E-state index is 0.0330. The highest BCUT2D eigenvalue weighted by atomic mass is 79.9. The predicted octanol–water partition coefficient (Wildman–Crippen LogP) is 8.58. The molecule has 1 aliphatic heterocycles. The Hall–Kier alpha value is -2.48. The highest BCUT2D eigenvalue weighted by molar-refractivity contribution is 9.09. The van der Waals surface area contributed by atoms with Crippen molar-refractivity contribution in [2.75, 3.05) is 18.6 Å². The predicted molar refractivity (Wildman–Crippen MR) is 142 cm³/mol. The van der Waals surface area contributed by atoms with Crippen LogP contribution in [0.4, 0.5) is 41.6 Å². The molecule has 0 saturated carbocycles. The Bertz CT molecular complexity index is 1220. The number of ether oxygens (including phenoxy) is 2. The Morgan fingerprint density at radius 3 is 2.00 bits per heavy atom. The van der Waals surface area contributed by atoms with Gasteiger partial charge >= 0.3 is 24.5 Å². The molecule has 2 amide bonds. The van der Waals surface area contributed by atoms with Gasteiger partial charge in [0.2, 0.25) is 0 Å². The number of benzene rings is 2. The summed E-state index contributed by atoms with van der Waals surface area (Å²) in [4.78, 5) is 28.5. The maximum atomic E-state index is 13.5. The van der Waals surface area contributed by atoms with Crippen molar-refractivity contribution in [3.05, 3.63) is 63.7 Å². The summed E-state index contributed by atoms with van der Waals surface area (Å²) in [5, 5.41) is 0.839. The Morgan fingerprint density at radius 2 is 1.52 bits per heavy atom. The molecule has 0 unspecified atom stereocenters. The summed E-state index contributed by atoms with van der Waals surface area (Å²) in [7, 11) is 1.07. The van der Waals surface area contributed by atoms with E-state index in [0.29, 0.717) is 34.0 Å². The molecule has 0 spiro atoms. The molecule has 0 N–H and O–H groups in total. The molecular weight excluding hydrogens is 678 g/mol. The van der Waals surface area contributed by atoms with Gasteiger partial charge in [-0.05, 0) is 66.8 Å². The van der Waals surface area contributed by atoms with Crippen LogP contribution in [0.1, 0.15) is 59.7 Å². The standard InChI is InChI=1S/C26H26Br2F6N2O4/c1-4-40-24(38)36-14(2)5-21(20-8-16(11-27)17(12-28)9-22(20)36)35(23(37)39-3)13-15-6-18(25(29,30)31)10-19(7-15)26(32,33)34/h6-10,14,21H,4-5,11-13H2,1-3H3/t14-,21+/m0/s1. The van der Waals surface area contributed by atoms with Crippen LogP contribution in [-0.2, 0) is 39.0 Å². The van der Waals surface area contributed by atoms with Gasteiger partial charge in [-0.15, -0.1) is 0 Å². The molecule has 2 atom stereocenters. The van der Waals surface area contributed by atoms with Gasteiger partial charge in [-0.1, -0.05) is 37.9 Å². The van der Waals surface area contributed by atoms with Crippen molar-refractivity contribution >= 4 is 49.7 Å². The van der Waals surface area contributed by atoms with Gasteiger partial charge < -0.3 is 9.47 Å². The number of nitrogens with zero attached hydrogens (tertiary/aromatic N) is 2. The second-order valence-electron chi connectivity index (χ2n) is 9.13. The number of amides is 2. The van der Waals surface area contributed by atoms with E-state index < -0.39 is 54.3 Å². The Morgan fingerprint density at radius 1 is 0.975 bits per heavy atom. The lowest BCUT2D eigenvalue weighted by atomic mass is 9.88. The number of hydrogen-bond donors (Lipinski definition) is 0. The number of hydrogen-bond acceptors (Lipinski definition) is 4. The third kappa shape index (κ3) is 6.87. The van der Waals surface area contributed by atoms with Crippen molar-refractivity contribution in [1.29, 1.82) is 0 Å². The minimum Gasteiger partial charge on any atom is -0.453 e. The van der Waals surface area contributed by atoms with E-state index in [1.807, 2.05) is 0 Å². The molecule has 2 aromatic rings. The first-order valence-electron chi connectivity index (χ1n) is 12.0. The topological polar surface area (TPSA) is 59.1 Å². The van der Waals surface area contributed by atoms with E-state index in [2.05, 4.69) is 31.9 Å². The average molecular weight is 704 g/mol. The molecule has 0 radical (unpaired) electrons. The number of fused-ring (bicyclic) bond motifs is 1. The van der Waals surface area contributed by atoms with Crippen LogP contribution in [0.2, 0.25) is 0 Å². The van der Waals surface area contributed by atoms with E-state index in [1.165, 1.54) is 4.90 Å². The molecule has 0 bridgehead atoms. The Labute approximate surface area is 243 Å². The van der Waals surface area contributed by atoms with E-state index >= 15 is 0 Å². The first-order chi connectivity index (χ1) is 18.7. The minimum atomic E-state index is -5.05. The van der Waals surface area contributed by atoms with E-state index in [1.54, 1.807) is 26.0 Å². The van der Waals surface area contributed by atoms with Crippen LogP contribution in [0.25, 0.3) is 0 Å². The summed E-state index contributed by atoms with van der Waals surface area (Å²) >= 11 is 6.84. The Balaban J connectivity index is 2.20. The van der Waals surface area contributed by atoms with Gasteiger partial charge in [0.15, 0.2) is 0 Å².